The Bertz CT molecular complexity index is 1230. The van der Waals surface area contributed by atoms with Gasteiger partial charge < -0.3 is 43.9 Å². The average Bonchev–Trinajstić information content (AvgIpc) is 3.46. The normalized spacial score (nSPS) is 30.8. The van der Waals surface area contributed by atoms with E-state index >= 15 is 0 Å². The summed E-state index contributed by atoms with van der Waals surface area (Å²) in [7, 11) is -4.68. The molecule has 4 aliphatic carbocycles. The number of rotatable bonds is 24. The number of alkyl carbamates (subject to hydrolysis) is 1. The Hall–Kier alpha value is -1.08. The molecule has 12 nitrogen and oxygen atoms in total. The lowest BCUT2D eigenvalue weighted by Gasteiger charge is -2.59. The number of aliphatic hydroxyl groups is 1. The summed E-state index contributed by atoms with van der Waals surface area (Å²) in [6.45, 7) is 17.2. The molecule has 314 valence electrons. The molecule has 4 aliphatic rings. The highest BCUT2D eigenvalue weighted by molar-refractivity contribution is 7.46. The number of amides is 1. The van der Waals surface area contributed by atoms with Crippen LogP contribution >= 0.6 is 7.82 Å². The molecule has 0 aromatic heterocycles. The van der Waals surface area contributed by atoms with Gasteiger partial charge in [-0.15, -0.1) is 0 Å². The third-order valence-corrected chi connectivity index (χ3v) is 14.1. The van der Waals surface area contributed by atoms with Crippen molar-refractivity contribution in [3.8, 4) is 0 Å². The van der Waals surface area contributed by atoms with Gasteiger partial charge in [0.15, 0.2) is 0 Å². The SMILES string of the molecule is CC1=C2CC(OC(=O)NCCCOCCOCCOCCOCC(CO)OP(=O)(O)O)CC[C@]2(C)C2CC[C@@]3(C)C(CCC3[C@H](C)CCCC(C)C)C2C1. The number of phosphoric acid groups is 1. The first-order chi connectivity index (χ1) is 25.7. The lowest BCUT2D eigenvalue weighted by Crippen LogP contribution is -2.51. The zero-order valence-electron chi connectivity index (χ0n) is 34.2. The Kier molecular flexibility index (Phi) is 18.3. The maximum absolute atomic E-state index is 12.7. The van der Waals surface area contributed by atoms with Gasteiger partial charge in [0.1, 0.15) is 12.2 Å². The Balaban J connectivity index is 1.06. The van der Waals surface area contributed by atoms with E-state index in [9.17, 15) is 9.36 Å². The molecule has 4 N–H and O–H groups in total. The Morgan fingerprint density at radius 3 is 2.17 bits per heavy atom. The summed E-state index contributed by atoms with van der Waals surface area (Å²) in [5.74, 6) is 4.91. The minimum Gasteiger partial charge on any atom is -0.446 e. The highest BCUT2D eigenvalue weighted by Crippen LogP contribution is 2.68. The van der Waals surface area contributed by atoms with Crippen LogP contribution in [0.25, 0.3) is 0 Å². The highest BCUT2D eigenvalue weighted by Gasteiger charge is 2.60. The molecule has 0 aliphatic heterocycles. The van der Waals surface area contributed by atoms with Gasteiger partial charge in [0.2, 0.25) is 0 Å². The maximum Gasteiger partial charge on any atom is 0.470 e. The van der Waals surface area contributed by atoms with Crippen LogP contribution < -0.4 is 5.32 Å². The molecule has 54 heavy (non-hydrogen) atoms. The Morgan fingerprint density at radius 2 is 1.52 bits per heavy atom. The Morgan fingerprint density at radius 1 is 0.852 bits per heavy atom. The molecule has 3 fully saturated rings. The predicted octanol–water partition coefficient (Wildman–Crippen LogP) is 7.44. The van der Waals surface area contributed by atoms with Crippen LogP contribution in [0.4, 0.5) is 4.79 Å². The molecule has 6 unspecified atom stereocenters. The molecule has 9 atom stereocenters. The minimum absolute atomic E-state index is 0.0605. The summed E-state index contributed by atoms with van der Waals surface area (Å²) in [5, 5.41) is 12.0. The first-order valence-electron chi connectivity index (χ1n) is 21.0. The second kappa shape index (κ2) is 21.6. The number of nitrogens with one attached hydrogen (secondary N) is 1. The molecule has 4 rings (SSSR count). The summed E-state index contributed by atoms with van der Waals surface area (Å²) in [6, 6.07) is 0. The van der Waals surface area contributed by atoms with E-state index in [4.69, 9.17) is 38.6 Å². The molecule has 0 heterocycles. The molecule has 3 saturated carbocycles. The lowest BCUT2D eigenvalue weighted by molar-refractivity contribution is -0.0604. The second-order valence-electron chi connectivity index (χ2n) is 17.7. The highest BCUT2D eigenvalue weighted by atomic mass is 31.2. The fourth-order valence-electron chi connectivity index (χ4n) is 11.0. The summed E-state index contributed by atoms with van der Waals surface area (Å²) in [6.07, 6.45) is 13.0. The van der Waals surface area contributed by atoms with E-state index in [1.54, 1.807) is 11.1 Å². The summed E-state index contributed by atoms with van der Waals surface area (Å²) >= 11 is 0. The largest absolute Gasteiger partial charge is 0.470 e. The number of hydrogen-bond donors (Lipinski definition) is 4. The van der Waals surface area contributed by atoms with Gasteiger partial charge in [-0.25, -0.2) is 9.36 Å². The van der Waals surface area contributed by atoms with Crippen LogP contribution in [0, 0.1) is 46.3 Å². The number of ether oxygens (including phenoxy) is 5. The van der Waals surface area contributed by atoms with Gasteiger partial charge >= 0.3 is 13.9 Å². The number of carbonyl (C=O) groups excluding carboxylic acids is 1. The summed E-state index contributed by atoms with van der Waals surface area (Å²) < 4.78 is 42.9. The van der Waals surface area contributed by atoms with Gasteiger partial charge in [0.05, 0.1) is 52.9 Å². The van der Waals surface area contributed by atoms with Crippen LogP contribution in [-0.4, -0.2) is 99.2 Å². The average molecular weight is 788 g/mol. The van der Waals surface area contributed by atoms with E-state index in [1.165, 1.54) is 51.4 Å². The minimum atomic E-state index is -4.68. The van der Waals surface area contributed by atoms with Gasteiger partial charge in [-0.05, 0) is 105 Å². The summed E-state index contributed by atoms with van der Waals surface area (Å²) in [4.78, 5) is 30.3. The van der Waals surface area contributed by atoms with Crippen LogP contribution in [-0.2, 0) is 32.8 Å². The second-order valence-corrected chi connectivity index (χ2v) is 18.8. The molecule has 0 bridgehead atoms. The van der Waals surface area contributed by atoms with E-state index in [-0.39, 0.29) is 37.4 Å². The van der Waals surface area contributed by atoms with Gasteiger partial charge in [0.25, 0.3) is 0 Å². The smallest absolute Gasteiger partial charge is 0.446 e. The van der Waals surface area contributed by atoms with Gasteiger partial charge in [-0.3, -0.25) is 4.52 Å². The third-order valence-electron chi connectivity index (χ3n) is 13.5. The molecule has 0 spiro atoms. The molecule has 0 aromatic rings. The van der Waals surface area contributed by atoms with Gasteiger partial charge in [0, 0.05) is 19.6 Å². The standard InChI is InChI=1S/C41H74NO11P/c1-29(2)9-7-10-30(3)35-11-12-36-34-25-31(4)38-26-32(13-15-41(38,6)37(34)14-16-40(35,36)5)52-39(44)42-17-8-18-48-19-20-49-21-22-50-23-24-51-28-33(27-43)53-54(45,46)47/h29-30,32-37,43H,7-28H2,1-6H3,(H,42,44)(H2,45,46,47)/t30-,32?,33?,34?,35?,36?,37?,40-,41-/m1/s1. The summed E-state index contributed by atoms with van der Waals surface area (Å²) in [5.41, 5.74) is 3.89. The zero-order chi connectivity index (χ0) is 39.4. The third kappa shape index (κ3) is 13.0. The van der Waals surface area contributed by atoms with Gasteiger partial charge in [-0.1, -0.05) is 65.0 Å². The van der Waals surface area contributed by atoms with E-state index in [0.717, 1.165) is 54.8 Å². The first kappa shape index (κ1) is 45.6. The Labute approximate surface area is 325 Å². The number of phosphoric ester groups is 1. The van der Waals surface area contributed by atoms with Crippen molar-refractivity contribution in [1.29, 1.82) is 0 Å². The molecule has 0 radical (unpaired) electrons. The monoisotopic (exact) mass is 787 g/mol. The van der Waals surface area contributed by atoms with Crippen molar-refractivity contribution in [2.45, 2.75) is 131 Å². The molecular weight excluding hydrogens is 713 g/mol. The number of aliphatic hydroxyl groups excluding tert-OH is 1. The van der Waals surface area contributed by atoms with Crippen LogP contribution in [0.3, 0.4) is 0 Å². The van der Waals surface area contributed by atoms with E-state index in [0.29, 0.717) is 51.4 Å². The van der Waals surface area contributed by atoms with Crippen LogP contribution in [0.2, 0.25) is 0 Å². The topological polar surface area (TPSA) is 162 Å². The number of allylic oxidation sites excluding steroid dienone is 1. The lowest BCUT2D eigenvalue weighted by atomic mass is 9.46. The zero-order valence-corrected chi connectivity index (χ0v) is 35.1. The number of carbonyl (C=O) groups is 1. The van der Waals surface area contributed by atoms with E-state index in [1.807, 2.05) is 0 Å². The van der Waals surface area contributed by atoms with Crippen molar-refractivity contribution in [2.24, 2.45) is 46.3 Å². The quantitative estimate of drug-likeness (QED) is 0.0437. The fraction of sp³-hybridized carbons (Fsp3) is 0.927. The van der Waals surface area contributed by atoms with Crippen LogP contribution in [0.5, 0.6) is 0 Å². The first-order valence-corrected chi connectivity index (χ1v) is 22.5. The van der Waals surface area contributed by atoms with Gasteiger partial charge in [-0.2, -0.15) is 0 Å². The molecule has 13 heteroatoms. The van der Waals surface area contributed by atoms with Crippen LogP contribution in [0.15, 0.2) is 11.1 Å². The predicted molar refractivity (Wildman–Crippen MR) is 208 cm³/mol. The molecule has 0 aromatic carbocycles. The van der Waals surface area contributed by atoms with Crippen molar-refractivity contribution in [3.05, 3.63) is 11.1 Å². The molecule has 1 amide bonds. The van der Waals surface area contributed by atoms with E-state index in [2.05, 4.69) is 51.4 Å². The van der Waals surface area contributed by atoms with Crippen molar-refractivity contribution < 1.29 is 52.5 Å². The van der Waals surface area contributed by atoms with Crippen molar-refractivity contribution in [2.75, 3.05) is 66.0 Å². The maximum atomic E-state index is 12.7. The van der Waals surface area contributed by atoms with Crippen molar-refractivity contribution in [1.82, 2.24) is 5.32 Å². The fourth-order valence-corrected chi connectivity index (χ4v) is 11.5. The number of hydrogen-bond acceptors (Lipinski definition) is 9. The molecule has 0 saturated heterocycles. The molecular formula is C41H74NO11P. The number of fused-ring (bicyclic) bond motifs is 5. The van der Waals surface area contributed by atoms with E-state index < -0.39 is 20.5 Å². The van der Waals surface area contributed by atoms with Crippen LogP contribution in [0.1, 0.15) is 119 Å². The van der Waals surface area contributed by atoms with Crippen molar-refractivity contribution in [3.63, 3.8) is 0 Å². The van der Waals surface area contributed by atoms with Crippen molar-refractivity contribution >= 4 is 13.9 Å².